The number of alkyl halides is 3. The van der Waals surface area contributed by atoms with Gasteiger partial charge in [0.25, 0.3) is 0 Å². The number of aromatic nitrogens is 2. The van der Waals surface area contributed by atoms with Crippen molar-refractivity contribution in [2.45, 2.75) is 44.0 Å². The van der Waals surface area contributed by atoms with E-state index < -0.39 is 34.7 Å². The van der Waals surface area contributed by atoms with Gasteiger partial charge >= 0.3 is 18.1 Å². The number of anilines is 1. The van der Waals surface area contributed by atoms with Gasteiger partial charge in [-0.3, -0.25) is 4.79 Å². The third-order valence-corrected chi connectivity index (χ3v) is 7.34. The van der Waals surface area contributed by atoms with E-state index in [9.17, 15) is 27.6 Å². The zero-order valence-corrected chi connectivity index (χ0v) is 19.4. The van der Waals surface area contributed by atoms with Gasteiger partial charge in [0, 0.05) is 37.9 Å². The molecule has 2 aromatic heterocycles. The number of fused-ring (bicyclic) bond motifs is 2. The predicted molar refractivity (Wildman–Crippen MR) is 119 cm³/mol. The summed E-state index contributed by atoms with van der Waals surface area (Å²) in [5.74, 6) is -3.73. The van der Waals surface area contributed by atoms with Crippen LogP contribution in [0.1, 0.15) is 41.4 Å². The Bertz CT molecular complexity index is 1310. The molecule has 3 aliphatic rings. The van der Waals surface area contributed by atoms with Crippen molar-refractivity contribution in [3.63, 3.8) is 0 Å². The van der Waals surface area contributed by atoms with Gasteiger partial charge in [0.05, 0.1) is 23.1 Å². The van der Waals surface area contributed by atoms with Crippen molar-refractivity contribution in [2.75, 3.05) is 31.1 Å². The number of hydrogen-bond donors (Lipinski definition) is 1. The summed E-state index contributed by atoms with van der Waals surface area (Å²) in [6.45, 7) is 3.62. The number of esters is 2. The molecule has 0 bridgehead atoms. The normalized spacial score (nSPS) is 24.2. The molecule has 35 heavy (non-hydrogen) atoms. The van der Waals surface area contributed by atoms with E-state index >= 15 is 0 Å². The van der Waals surface area contributed by atoms with Crippen molar-refractivity contribution in [3.05, 3.63) is 32.7 Å². The summed E-state index contributed by atoms with van der Waals surface area (Å²) in [6.07, 6.45) is -1.97. The molecule has 2 aliphatic heterocycles. The summed E-state index contributed by atoms with van der Waals surface area (Å²) >= 11 is 6.81. The average molecular weight is 515 g/mol. The van der Waals surface area contributed by atoms with Crippen LogP contribution in [0, 0.1) is 12.8 Å². The topological polar surface area (TPSA) is 117 Å². The van der Waals surface area contributed by atoms with Gasteiger partial charge in [-0.15, -0.1) is 0 Å². The molecule has 188 valence electrons. The van der Waals surface area contributed by atoms with Crippen molar-refractivity contribution in [1.29, 1.82) is 0 Å². The lowest BCUT2D eigenvalue weighted by Gasteiger charge is -2.27. The van der Waals surface area contributed by atoms with Crippen molar-refractivity contribution in [2.24, 2.45) is 11.7 Å². The van der Waals surface area contributed by atoms with Crippen molar-refractivity contribution in [1.82, 2.24) is 9.55 Å². The fourth-order valence-electron chi connectivity index (χ4n) is 5.08. The second-order valence-corrected chi connectivity index (χ2v) is 9.60. The molecule has 4 heterocycles. The Labute approximate surface area is 201 Å². The first kappa shape index (κ1) is 24.0. The van der Waals surface area contributed by atoms with Gasteiger partial charge < -0.3 is 24.7 Å². The van der Waals surface area contributed by atoms with E-state index in [2.05, 4.69) is 9.72 Å². The van der Waals surface area contributed by atoms with E-state index in [1.807, 2.05) is 4.90 Å². The van der Waals surface area contributed by atoms with Crippen LogP contribution in [0.2, 0.25) is 5.02 Å². The van der Waals surface area contributed by atoms with Crippen LogP contribution in [0.4, 0.5) is 19.0 Å². The number of pyridine rings is 2. The molecule has 2 atom stereocenters. The molecule has 2 saturated heterocycles. The van der Waals surface area contributed by atoms with Gasteiger partial charge in [0.2, 0.25) is 5.43 Å². The Balaban J connectivity index is 1.62. The lowest BCUT2D eigenvalue weighted by Crippen LogP contribution is -2.44. The first-order chi connectivity index (χ1) is 16.5. The smallest absolute Gasteiger partial charge is 0.382 e. The number of carbonyl (C=O) groups is 2. The Morgan fingerprint density at radius 3 is 2.66 bits per heavy atom. The van der Waals surface area contributed by atoms with Crippen LogP contribution in [-0.2, 0) is 14.3 Å². The molecule has 2 aromatic rings. The van der Waals surface area contributed by atoms with Crippen LogP contribution in [0.15, 0.2) is 11.0 Å². The Kier molecular flexibility index (Phi) is 5.61. The minimum atomic E-state index is -5.38. The van der Waals surface area contributed by atoms with Crippen molar-refractivity contribution < 1.29 is 32.2 Å². The van der Waals surface area contributed by atoms with Crippen LogP contribution < -0.4 is 16.1 Å². The molecular formula is C22H22ClF3N4O5. The van der Waals surface area contributed by atoms with Gasteiger partial charge in [-0.1, -0.05) is 11.6 Å². The van der Waals surface area contributed by atoms with Gasteiger partial charge in [-0.2, -0.15) is 13.2 Å². The molecule has 5 rings (SSSR count). The van der Waals surface area contributed by atoms with Crippen LogP contribution >= 0.6 is 11.6 Å². The number of aryl methyl sites for hydroxylation is 1. The van der Waals surface area contributed by atoms with E-state index in [-0.39, 0.29) is 28.1 Å². The lowest BCUT2D eigenvalue weighted by atomic mass is 9.91. The minimum absolute atomic E-state index is 0.0104. The van der Waals surface area contributed by atoms with Crippen LogP contribution in [-0.4, -0.2) is 59.5 Å². The van der Waals surface area contributed by atoms with E-state index in [4.69, 9.17) is 22.1 Å². The maximum absolute atomic E-state index is 13.2. The highest BCUT2D eigenvalue weighted by Crippen LogP contribution is 2.44. The molecule has 0 spiro atoms. The molecule has 3 fully saturated rings. The first-order valence-electron chi connectivity index (χ1n) is 11.1. The van der Waals surface area contributed by atoms with Crippen LogP contribution in [0.3, 0.4) is 0 Å². The number of ether oxygens (including phenoxy) is 2. The van der Waals surface area contributed by atoms with Crippen molar-refractivity contribution >= 4 is 40.3 Å². The van der Waals surface area contributed by atoms with E-state index in [1.54, 1.807) is 11.5 Å². The number of rotatable bonds is 4. The first-order valence-corrected chi connectivity index (χ1v) is 11.5. The highest BCUT2D eigenvalue weighted by atomic mass is 35.5. The molecule has 0 radical (unpaired) electrons. The Hall–Kier alpha value is -2.70. The number of hydrogen-bond acceptors (Lipinski definition) is 8. The SMILES string of the molecule is Cc1nc(N2CC3CCOC3(CN)C2)c(Cl)c2c1c(=O)c(C(=O)OC(=O)C(F)(F)F)cn2C1CC1. The number of nitrogens with two attached hydrogens (primary N) is 1. The molecule has 9 nitrogen and oxygen atoms in total. The lowest BCUT2D eigenvalue weighted by molar-refractivity contribution is -0.193. The zero-order valence-electron chi connectivity index (χ0n) is 18.7. The standard InChI is InChI=1S/C22H22ClF3N4O5/c1-10-14-16(15(23)18(28-10)29-6-11-4-5-34-21(11,8-27)9-29)30(12-2-3-12)7-13(17(14)31)19(32)35-20(33)22(24,25)26/h7,11-12H,2-6,8-9,27H2,1H3. The number of carbonyl (C=O) groups excluding carboxylic acids is 2. The van der Waals surface area contributed by atoms with E-state index in [0.29, 0.717) is 37.6 Å². The zero-order chi connectivity index (χ0) is 25.3. The summed E-state index contributed by atoms with van der Waals surface area (Å²) in [4.78, 5) is 43.3. The predicted octanol–water partition coefficient (Wildman–Crippen LogP) is 2.49. The summed E-state index contributed by atoms with van der Waals surface area (Å²) in [7, 11) is 0. The number of halogens is 4. The molecule has 0 amide bonds. The summed E-state index contributed by atoms with van der Waals surface area (Å²) in [5, 5.41) is 0.178. The van der Waals surface area contributed by atoms with Crippen molar-refractivity contribution in [3.8, 4) is 0 Å². The molecule has 0 aromatic carbocycles. The second-order valence-electron chi connectivity index (χ2n) is 9.23. The minimum Gasteiger partial charge on any atom is -0.382 e. The third-order valence-electron chi connectivity index (χ3n) is 7.00. The fraction of sp³-hybridized carbons (Fsp3) is 0.545. The highest BCUT2D eigenvalue weighted by Gasteiger charge is 2.51. The van der Waals surface area contributed by atoms with E-state index in [1.165, 1.54) is 0 Å². The molecule has 1 saturated carbocycles. The maximum Gasteiger partial charge on any atom is 0.491 e. The summed E-state index contributed by atoms with van der Waals surface area (Å²) < 4.78 is 49.2. The maximum atomic E-state index is 13.2. The second kappa shape index (κ2) is 8.17. The van der Waals surface area contributed by atoms with Gasteiger partial charge in [0.15, 0.2) is 0 Å². The third kappa shape index (κ3) is 3.87. The molecule has 2 unspecified atom stereocenters. The van der Waals surface area contributed by atoms with Crippen LogP contribution in [0.25, 0.3) is 10.9 Å². The van der Waals surface area contributed by atoms with Gasteiger partial charge in [0.1, 0.15) is 22.0 Å². The summed E-state index contributed by atoms with van der Waals surface area (Å²) in [6, 6.07) is -0.119. The fourth-order valence-corrected chi connectivity index (χ4v) is 5.43. The van der Waals surface area contributed by atoms with E-state index in [0.717, 1.165) is 25.5 Å². The quantitative estimate of drug-likeness (QED) is 0.488. The number of nitrogens with zero attached hydrogens (tertiary/aromatic N) is 3. The molecule has 13 heteroatoms. The molecule has 1 aliphatic carbocycles. The van der Waals surface area contributed by atoms with Crippen LogP contribution in [0.5, 0.6) is 0 Å². The monoisotopic (exact) mass is 514 g/mol. The van der Waals surface area contributed by atoms with Gasteiger partial charge in [-0.25, -0.2) is 14.6 Å². The Morgan fingerprint density at radius 1 is 1.34 bits per heavy atom. The largest absolute Gasteiger partial charge is 0.491 e. The highest BCUT2D eigenvalue weighted by molar-refractivity contribution is 6.37. The molecule has 2 N–H and O–H groups in total. The molecular weight excluding hydrogens is 493 g/mol. The average Bonchev–Trinajstić information content (AvgIpc) is 3.46. The van der Waals surface area contributed by atoms with Gasteiger partial charge in [-0.05, 0) is 26.2 Å². The summed E-state index contributed by atoms with van der Waals surface area (Å²) in [5.41, 5.74) is 4.50. The Morgan fingerprint density at radius 2 is 2.06 bits per heavy atom.